The lowest BCUT2D eigenvalue weighted by molar-refractivity contribution is 0.0883. The average molecular weight is 296 g/mol. The molecule has 3 N–H and O–H groups in total. The van der Waals surface area contributed by atoms with Crippen LogP contribution in [-0.2, 0) is 4.74 Å². The highest BCUT2D eigenvalue weighted by Crippen LogP contribution is 2.34. The Kier molecular flexibility index (Phi) is 2.60. The Labute approximate surface area is 108 Å². The molecule has 1 aromatic heterocycles. The summed E-state index contributed by atoms with van der Waals surface area (Å²) in [5, 5.41) is 0. The van der Waals surface area contributed by atoms with Gasteiger partial charge in [-0.3, -0.25) is 0 Å². The van der Waals surface area contributed by atoms with Gasteiger partial charge < -0.3 is 15.5 Å². The SMILES string of the molecule is CC1CCOC1c1nc2c(N)cc(Br)cc2[nH]1. The number of hydrogen-bond acceptors (Lipinski definition) is 3. The number of nitrogens with two attached hydrogens (primary N) is 1. The molecule has 2 atom stereocenters. The fourth-order valence-electron chi connectivity index (χ4n) is 2.31. The van der Waals surface area contributed by atoms with Crippen LogP contribution >= 0.6 is 15.9 Å². The van der Waals surface area contributed by atoms with Crippen LogP contribution in [0, 0.1) is 5.92 Å². The number of benzene rings is 1. The fraction of sp³-hybridized carbons (Fsp3) is 0.417. The Morgan fingerprint density at radius 3 is 3.06 bits per heavy atom. The lowest BCUT2D eigenvalue weighted by atomic mass is 10.0. The molecule has 0 radical (unpaired) electrons. The third-order valence-electron chi connectivity index (χ3n) is 3.26. The first-order chi connectivity index (χ1) is 8.15. The summed E-state index contributed by atoms with van der Waals surface area (Å²) in [6.45, 7) is 2.99. The largest absolute Gasteiger partial charge is 0.397 e. The molecule has 1 fully saturated rings. The molecule has 4 nitrogen and oxygen atoms in total. The Bertz CT molecular complexity index is 566. The van der Waals surface area contributed by atoms with Gasteiger partial charge in [-0.2, -0.15) is 0 Å². The van der Waals surface area contributed by atoms with Crippen LogP contribution in [0.2, 0.25) is 0 Å². The van der Waals surface area contributed by atoms with Gasteiger partial charge in [-0.1, -0.05) is 22.9 Å². The summed E-state index contributed by atoms with van der Waals surface area (Å²) in [7, 11) is 0. The number of fused-ring (bicyclic) bond motifs is 1. The van der Waals surface area contributed by atoms with Crippen molar-refractivity contribution in [2.24, 2.45) is 5.92 Å². The van der Waals surface area contributed by atoms with E-state index in [1.165, 1.54) is 0 Å². The summed E-state index contributed by atoms with van der Waals surface area (Å²) in [5.41, 5.74) is 8.41. The number of ether oxygens (including phenoxy) is 1. The highest BCUT2D eigenvalue weighted by molar-refractivity contribution is 9.10. The number of anilines is 1. The monoisotopic (exact) mass is 295 g/mol. The molecule has 2 aromatic rings. The van der Waals surface area contributed by atoms with Gasteiger partial charge in [-0.05, 0) is 24.5 Å². The van der Waals surface area contributed by atoms with E-state index in [4.69, 9.17) is 10.5 Å². The van der Waals surface area contributed by atoms with E-state index in [2.05, 4.69) is 32.8 Å². The second-order valence-corrected chi connectivity index (χ2v) is 5.49. The minimum Gasteiger partial charge on any atom is -0.397 e. The van der Waals surface area contributed by atoms with Crippen molar-refractivity contribution in [3.63, 3.8) is 0 Å². The van der Waals surface area contributed by atoms with Gasteiger partial charge in [0.1, 0.15) is 17.4 Å². The quantitative estimate of drug-likeness (QED) is 0.795. The number of aromatic amines is 1. The van der Waals surface area contributed by atoms with Gasteiger partial charge in [0.05, 0.1) is 11.2 Å². The predicted octanol–water partition coefficient (Wildman–Crippen LogP) is 3.01. The molecule has 2 heterocycles. The number of halogens is 1. The number of rotatable bonds is 1. The smallest absolute Gasteiger partial charge is 0.136 e. The van der Waals surface area contributed by atoms with Crippen LogP contribution in [0.15, 0.2) is 16.6 Å². The minimum atomic E-state index is 0.0700. The molecule has 1 saturated heterocycles. The summed E-state index contributed by atoms with van der Waals surface area (Å²) in [4.78, 5) is 7.86. The Morgan fingerprint density at radius 2 is 2.35 bits per heavy atom. The van der Waals surface area contributed by atoms with Crippen LogP contribution in [0.1, 0.15) is 25.3 Å². The van der Waals surface area contributed by atoms with E-state index in [1.54, 1.807) is 0 Å². The molecule has 0 spiro atoms. The van der Waals surface area contributed by atoms with E-state index < -0.39 is 0 Å². The number of nitrogens with one attached hydrogen (secondary N) is 1. The summed E-state index contributed by atoms with van der Waals surface area (Å²) in [5.74, 6) is 1.38. The maximum absolute atomic E-state index is 5.95. The fourth-order valence-corrected chi connectivity index (χ4v) is 2.78. The van der Waals surface area contributed by atoms with Crippen LogP contribution in [0.5, 0.6) is 0 Å². The number of aromatic nitrogens is 2. The van der Waals surface area contributed by atoms with Crippen LogP contribution in [0.3, 0.4) is 0 Å². The highest BCUT2D eigenvalue weighted by atomic mass is 79.9. The van der Waals surface area contributed by atoms with E-state index in [-0.39, 0.29) is 6.10 Å². The number of H-pyrrole nitrogens is 1. The number of nitrogen functional groups attached to an aromatic ring is 1. The third kappa shape index (κ3) is 1.83. The van der Waals surface area contributed by atoms with E-state index in [1.807, 2.05) is 12.1 Å². The van der Waals surface area contributed by atoms with Crippen molar-refractivity contribution >= 4 is 32.7 Å². The summed E-state index contributed by atoms with van der Waals surface area (Å²) in [6.07, 6.45) is 1.15. The zero-order chi connectivity index (χ0) is 12.0. The highest BCUT2D eigenvalue weighted by Gasteiger charge is 2.28. The number of imidazole rings is 1. The molecule has 5 heteroatoms. The molecule has 1 aromatic carbocycles. The third-order valence-corrected chi connectivity index (χ3v) is 3.71. The summed E-state index contributed by atoms with van der Waals surface area (Å²) < 4.78 is 6.66. The molecule has 1 aliphatic heterocycles. The second kappa shape index (κ2) is 3.99. The van der Waals surface area contributed by atoms with Gasteiger partial charge >= 0.3 is 0 Å². The molecule has 0 aliphatic carbocycles. The second-order valence-electron chi connectivity index (χ2n) is 4.57. The van der Waals surface area contributed by atoms with Gasteiger partial charge in [0.2, 0.25) is 0 Å². The van der Waals surface area contributed by atoms with Gasteiger partial charge in [-0.15, -0.1) is 0 Å². The standard InChI is InChI=1S/C12H14BrN3O/c1-6-2-3-17-11(6)12-15-9-5-7(13)4-8(14)10(9)16-12/h4-6,11H,2-3,14H2,1H3,(H,15,16). The first-order valence-electron chi connectivity index (χ1n) is 5.71. The lowest BCUT2D eigenvalue weighted by Crippen LogP contribution is -2.05. The molecule has 17 heavy (non-hydrogen) atoms. The molecule has 90 valence electrons. The van der Waals surface area contributed by atoms with Crippen molar-refractivity contribution in [2.75, 3.05) is 12.3 Å². The predicted molar refractivity (Wildman–Crippen MR) is 70.7 cm³/mol. The molecule has 0 bridgehead atoms. The van der Waals surface area contributed by atoms with E-state index in [9.17, 15) is 0 Å². The van der Waals surface area contributed by atoms with Gasteiger partial charge in [0, 0.05) is 11.1 Å². The van der Waals surface area contributed by atoms with Crippen molar-refractivity contribution < 1.29 is 4.74 Å². The molecular formula is C12H14BrN3O. The first-order valence-corrected chi connectivity index (χ1v) is 6.50. The molecule has 1 aliphatic rings. The normalized spacial score (nSPS) is 24.6. The Morgan fingerprint density at radius 1 is 1.53 bits per heavy atom. The van der Waals surface area contributed by atoms with E-state index >= 15 is 0 Å². The van der Waals surface area contributed by atoms with Crippen LogP contribution < -0.4 is 5.73 Å². The van der Waals surface area contributed by atoms with Gasteiger partial charge in [0.25, 0.3) is 0 Å². The van der Waals surface area contributed by atoms with Crippen molar-refractivity contribution in [2.45, 2.75) is 19.4 Å². The molecule has 0 amide bonds. The van der Waals surface area contributed by atoms with Crippen LogP contribution in [0.25, 0.3) is 11.0 Å². The Balaban J connectivity index is 2.10. The van der Waals surface area contributed by atoms with E-state index in [0.29, 0.717) is 11.6 Å². The minimum absolute atomic E-state index is 0.0700. The summed E-state index contributed by atoms with van der Waals surface area (Å²) in [6, 6.07) is 3.85. The topological polar surface area (TPSA) is 63.9 Å². The maximum Gasteiger partial charge on any atom is 0.136 e. The van der Waals surface area contributed by atoms with Crippen molar-refractivity contribution in [1.82, 2.24) is 9.97 Å². The number of hydrogen-bond donors (Lipinski definition) is 2. The molecule has 3 rings (SSSR count). The van der Waals surface area contributed by atoms with Crippen molar-refractivity contribution in [3.8, 4) is 0 Å². The summed E-state index contributed by atoms with van der Waals surface area (Å²) >= 11 is 3.43. The maximum atomic E-state index is 5.95. The molecule has 2 unspecified atom stereocenters. The Hall–Kier alpha value is -1.07. The molecule has 0 saturated carbocycles. The van der Waals surface area contributed by atoms with Gasteiger partial charge in [0.15, 0.2) is 0 Å². The number of nitrogens with zero attached hydrogens (tertiary/aromatic N) is 1. The zero-order valence-corrected chi connectivity index (χ0v) is 11.1. The van der Waals surface area contributed by atoms with E-state index in [0.717, 1.165) is 34.4 Å². The van der Waals surface area contributed by atoms with Crippen molar-refractivity contribution in [1.29, 1.82) is 0 Å². The van der Waals surface area contributed by atoms with Crippen LogP contribution in [-0.4, -0.2) is 16.6 Å². The van der Waals surface area contributed by atoms with Crippen molar-refractivity contribution in [3.05, 3.63) is 22.4 Å². The first kappa shape index (κ1) is 11.0. The zero-order valence-electron chi connectivity index (χ0n) is 9.53. The van der Waals surface area contributed by atoms with Crippen LogP contribution in [0.4, 0.5) is 5.69 Å². The van der Waals surface area contributed by atoms with Gasteiger partial charge in [-0.25, -0.2) is 4.98 Å². The molecular weight excluding hydrogens is 282 g/mol. The average Bonchev–Trinajstić information content (AvgIpc) is 2.83. The lowest BCUT2D eigenvalue weighted by Gasteiger charge is -2.10.